The van der Waals surface area contributed by atoms with Gasteiger partial charge in [0.05, 0.1) is 30.2 Å². The maximum atomic E-state index is 12.7. The fourth-order valence-electron chi connectivity index (χ4n) is 2.55. The van der Waals surface area contributed by atoms with Gasteiger partial charge in [-0.1, -0.05) is 34.1 Å². The van der Waals surface area contributed by atoms with Gasteiger partial charge in [0, 0.05) is 4.47 Å². The molecule has 0 spiro atoms. The average molecular weight is 445 g/mol. The molecule has 1 fully saturated rings. The lowest BCUT2D eigenvalue weighted by Crippen LogP contribution is -2.27. The fourth-order valence-corrected chi connectivity index (χ4v) is 3.82. The van der Waals surface area contributed by atoms with Gasteiger partial charge in [0.2, 0.25) is 0 Å². The summed E-state index contributed by atoms with van der Waals surface area (Å²) in [6.45, 7) is 0.0335. The van der Waals surface area contributed by atoms with E-state index in [9.17, 15) is 20.0 Å². The summed E-state index contributed by atoms with van der Waals surface area (Å²) in [7, 11) is 1.42. The van der Waals surface area contributed by atoms with Gasteiger partial charge in [-0.3, -0.25) is 14.5 Å². The molecule has 1 N–H and O–H groups in total. The topological polar surface area (TPSA) is 90.6 Å². The van der Waals surface area contributed by atoms with E-state index in [1.54, 1.807) is 36.4 Å². The van der Waals surface area contributed by atoms with Crippen molar-refractivity contribution < 1.29 is 19.4 Å². The average Bonchev–Trinajstić information content (AvgIpc) is 2.91. The Bertz CT molecular complexity index is 1010. The number of carbonyl (C=O) groups is 2. The Kier molecular flexibility index (Phi) is 5.54. The molecule has 6 nitrogen and oxygen atoms in total. The van der Waals surface area contributed by atoms with E-state index in [4.69, 9.17) is 4.74 Å². The van der Waals surface area contributed by atoms with Crippen molar-refractivity contribution in [3.63, 3.8) is 0 Å². The molecule has 3 rings (SSSR count). The second-order valence-electron chi connectivity index (χ2n) is 5.58. The van der Waals surface area contributed by atoms with E-state index in [1.807, 2.05) is 0 Å². The number of nitrogens with zero attached hydrogens (tertiary/aromatic N) is 2. The van der Waals surface area contributed by atoms with Gasteiger partial charge in [-0.05, 0) is 47.2 Å². The van der Waals surface area contributed by atoms with Gasteiger partial charge >= 0.3 is 0 Å². The molecule has 8 heteroatoms. The van der Waals surface area contributed by atoms with Gasteiger partial charge in [0.15, 0.2) is 11.5 Å². The molecule has 0 bridgehead atoms. The minimum atomic E-state index is -0.434. The maximum absolute atomic E-state index is 12.7. The zero-order valence-corrected chi connectivity index (χ0v) is 16.5. The first kappa shape index (κ1) is 19.0. The summed E-state index contributed by atoms with van der Waals surface area (Å²) in [5, 5.41) is 18.6. The zero-order valence-electron chi connectivity index (χ0n) is 14.1. The Balaban J connectivity index is 1.90. The first-order chi connectivity index (χ1) is 12.9. The van der Waals surface area contributed by atoms with Gasteiger partial charge in [-0.2, -0.15) is 5.26 Å². The van der Waals surface area contributed by atoms with Crippen molar-refractivity contribution in [1.29, 1.82) is 5.26 Å². The molecule has 1 heterocycles. The summed E-state index contributed by atoms with van der Waals surface area (Å²) in [5.41, 5.74) is 1.62. The standard InChI is InChI=1S/C19H13BrN2O4S/c1-26-16-6-13(14(20)8-15(16)23)7-17-18(24)22(19(25)27-17)10-12-5-3-2-4-11(12)9-21/h2-8,23H,10H2,1H3/b17-7+. The van der Waals surface area contributed by atoms with Crippen molar-refractivity contribution in [3.05, 3.63) is 62.5 Å². The first-order valence-corrected chi connectivity index (χ1v) is 9.35. The van der Waals surface area contributed by atoms with Crippen LogP contribution >= 0.6 is 27.7 Å². The quantitative estimate of drug-likeness (QED) is 0.707. The molecular weight excluding hydrogens is 432 g/mol. The lowest BCUT2D eigenvalue weighted by atomic mass is 10.1. The number of nitriles is 1. The monoisotopic (exact) mass is 444 g/mol. The van der Waals surface area contributed by atoms with E-state index in [0.717, 1.165) is 16.7 Å². The number of benzene rings is 2. The molecule has 2 aromatic carbocycles. The highest BCUT2D eigenvalue weighted by Crippen LogP contribution is 2.38. The molecule has 2 aromatic rings. The number of hydrogen-bond donors (Lipinski definition) is 1. The van der Waals surface area contributed by atoms with Crippen LogP contribution in [0.4, 0.5) is 4.79 Å². The summed E-state index contributed by atoms with van der Waals surface area (Å²) >= 11 is 4.15. The molecule has 1 aliphatic heterocycles. The zero-order chi connectivity index (χ0) is 19.6. The van der Waals surface area contributed by atoms with Crippen molar-refractivity contribution in [3.8, 4) is 17.6 Å². The van der Waals surface area contributed by atoms with Gasteiger partial charge in [0.25, 0.3) is 11.1 Å². The predicted octanol–water partition coefficient (Wildman–Crippen LogP) is 4.27. The van der Waals surface area contributed by atoms with Gasteiger partial charge in [0.1, 0.15) is 0 Å². The van der Waals surface area contributed by atoms with Crippen LogP contribution in [-0.4, -0.2) is 28.3 Å². The lowest BCUT2D eigenvalue weighted by Gasteiger charge is -2.13. The Hall–Kier alpha value is -2.76. The Morgan fingerprint density at radius 3 is 2.78 bits per heavy atom. The number of aromatic hydroxyl groups is 1. The summed E-state index contributed by atoms with van der Waals surface area (Å²) < 4.78 is 5.64. The van der Waals surface area contributed by atoms with Crippen LogP contribution < -0.4 is 4.74 Å². The van der Waals surface area contributed by atoms with Gasteiger partial charge in [-0.15, -0.1) is 0 Å². The molecule has 0 radical (unpaired) electrons. The highest BCUT2D eigenvalue weighted by atomic mass is 79.9. The number of methoxy groups -OCH3 is 1. The van der Waals surface area contributed by atoms with Crippen molar-refractivity contribution in [2.24, 2.45) is 0 Å². The smallest absolute Gasteiger partial charge is 0.293 e. The molecule has 1 aliphatic rings. The van der Waals surface area contributed by atoms with Crippen molar-refractivity contribution in [1.82, 2.24) is 4.90 Å². The molecule has 1 saturated heterocycles. The largest absolute Gasteiger partial charge is 0.504 e. The van der Waals surface area contributed by atoms with Gasteiger partial charge < -0.3 is 9.84 Å². The second-order valence-corrected chi connectivity index (χ2v) is 7.43. The number of amides is 2. The van der Waals surface area contributed by atoms with Crippen LogP contribution in [-0.2, 0) is 11.3 Å². The van der Waals surface area contributed by atoms with Crippen molar-refractivity contribution in [2.45, 2.75) is 6.54 Å². The summed E-state index contributed by atoms with van der Waals surface area (Å²) in [4.78, 5) is 26.4. The van der Waals surface area contributed by atoms with Crippen LogP contribution in [0.15, 0.2) is 45.8 Å². The van der Waals surface area contributed by atoms with Crippen LogP contribution in [0.2, 0.25) is 0 Å². The van der Waals surface area contributed by atoms with Gasteiger partial charge in [-0.25, -0.2) is 0 Å². The van der Waals surface area contributed by atoms with Crippen molar-refractivity contribution >= 4 is 44.9 Å². The lowest BCUT2D eigenvalue weighted by molar-refractivity contribution is -0.123. The van der Waals surface area contributed by atoms with E-state index in [1.165, 1.54) is 13.2 Å². The van der Waals surface area contributed by atoms with Crippen LogP contribution in [0.5, 0.6) is 11.5 Å². The van der Waals surface area contributed by atoms with Crippen LogP contribution in [0.1, 0.15) is 16.7 Å². The first-order valence-electron chi connectivity index (χ1n) is 7.74. The third-order valence-corrected chi connectivity index (χ3v) is 5.52. The minimum absolute atomic E-state index is 0.0335. The molecule has 0 aromatic heterocycles. The molecule has 0 unspecified atom stereocenters. The molecule has 0 atom stereocenters. The molecule has 2 amide bonds. The number of carbonyl (C=O) groups excluding carboxylic acids is 2. The molecule has 136 valence electrons. The minimum Gasteiger partial charge on any atom is -0.504 e. The van der Waals surface area contributed by atoms with Crippen LogP contribution in [0.25, 0.3) is 6.08 Å². The van der Waals surface area contributed by atoms with Crippen molar-refractivity contribution in [2.75, 3.05) is 7.11 Å². The number of imide groups is 1. The summed E-state index contributed by atoms with van der Waals surface area (Å²) in [5.74, 6) is -0.217. The van der Waals surface area contributed by atoms with Crippen LogP contribution in [0, 0.1) is 11.3 Å². The molecule has 27 heavy (non-hydrogen) atoms. The second kappa shape index (κ2) is 7.86. The number of phenolic OH excluding ortho intramolecular Hbond substituents is 1. The Labute approximate surface area is 168 Å². The molecule has 0 saturated carbocycles. The normalized spacial score (nSPS) is 15.3. The SMILES string of the molecule is COc1cc(/C=C2/SC(=O)N(Cc3ccccc3C#N)C2=O)c(Br)cc1O. The number of thioether (sulfide) groups is 1. The third kappa shape index (κ3) is 3.84. The van der Waals surface area contributed by atoms with Crippen LogP contribution in [0.3, 0.4) is 0 Å². The molecule has 0 aliphatic carbocycles. The van der Waals surface area contributed by atoms with E-state index >= 15 is 0 Å². The third-order valence-electron chi connectivity index (χ3n) is 3.92. The number of halogens is 1. The van der Waals surface area contributed by atoms with E-state index in [-0.39, 0.29) is 22.9 Å². The number of hydrogen-bond acceptors (Lipinski definition) is 6. The van der Waals surface area contributed by atoms with E-state index < -0.39 is 11.1 Å². The highest BCUT2D eigenvalue weighted by molar-refractivity contribution is 9.10. The maximum Gasteiger partial charge on any atom is 0.293 e. The highest BCUT2D eigenvalue weighted by Gasteiger charge is 2.35. The number of rotatable bonds is 4. The van der Waals surface area contributed by atoms with E-state index in [0.29, 0.717) is 21.2 Å². The summed E-state index contributed by atoms with van der Waals surface area (Å²) in [6, 6.07) is 11.9. The summed E-state index contributed by atoms with van der Waals surface area (Å²) in [6.07, 6.45) is 1.56. The van der Waals surface area contributed by atoms with E-state index in [2.05, 4.69) is 22.0 Å². The predicted molar refractivity (Wildman–Crippen MR) is 105 cm³/mol. The fraction of sp³-hybridized carbons (Fsp3) is 0.105. The Morgan fingerprint density at radius 2 is 2.07 bits per heavy atom. The Morgan fingerprint density at radius 1 is 1.33 bits per heavy atom. The number of phenols is 1. The molecular formula is C19H13BrN2O4S. The number of ether oxygens (including phenoxy) is 1.